The Morgan fingerprint density at radius 2 is 1.89 bits per heavy atom. The van der Waals surface area contributed by atoms with Gasteiger partial charge in [0.15, 0.2) is 0 Å². The minimum Gasteiger partial charge on any atom is -0.349 e. The van der Waals surface area contributed by atoms with Crippen molar-refractivity contribution in [2.75, 3.05) is 0 Å². The number of rotatable bonds is 7. The Morgan fingerprint density at radius 1 is 1.11 bits per heavy atom. The molecule has 138 valence electrons. The Kier molecular flexibility index (Phi) is 5.01. The van der Waals surface area contributed by atoms with Crippen molar-refractivity contribution in [2.45, 2.75) is 44.3 Å². The summed E-state index contributed by atoms with van der Waals surface area (Å²) in [5.74, 6) is -0.00418. The minimum absolute atomic E-state index is 0.0110. The Hall–Kier alpha value is -2.95. The summed E-state index contributed by atoms with van der Waals surface area (Å²) in [5, 5.41) is 2.99. The molecular weight excluding hydrogens is 338 g/mol. The number of aromatic nitrogens is 1. The molecule has 4 rings (SSSR count). The van der Waals surface area contributed by atoms with Gasteiger partial charge in [0, 0.05) is 42.7 Å². The molecule has 2 aromatic rings. The molecule has 0 aliphatic heterocycles. The second-order valence-electron chi connectivity index (χ2n) is 7.26. The van der Waals surface area contributed by atoms with Gasteiger partial charge < -0.3 is 10.2 Å². The van der Waals surface area contributed by atoms with E-state index in [4.69, 9.17) is 0 Å². The highest BCUT2D eigenvalue weighted by Gasteiger charge is 2.31. The van der Waals surface area contributed by atoms with Crippen LogP contribution in [0.4, 0.5) is 0 Å². The van der Waals surface area contributed by atoms with E-state index in [1.165, 1.54) is 0 Å². The van der Waals surface area contributed by atoms with Gasteiger partial charge in [-0.15, -0.1) is 0 Å². The summed E-state index contributed by atoms with van der Waals surface area (Å²) in [6, 6.07) is 12.0. The molecule has 0 atom stereocenters. The van der Waals surface area contributed by atoms with Gasteiger partial charge in [-0.05, 0) is 61.1 Å². The number of carbonyl (C=O) groups is 2. The molecule has 0 radical (unpaired) electrons. The second-order valence-corrected chi connectivity index (χ2v) is 7.26. The van der Waals surface area contributed by atoms with Crippen molar-refractivity contribution < 1.29 is 9.59 Å². The summed E-state index contributed by atoms with van der Waals surface area (Å²) in [5.41, 5.74) is 2.62. The van der Waals surface area contributed by atoms with E-state index in [9.17, 15) is 9.59 Å². The van der Waals surface area contributed by atoms with E-state index in [0.29, 0.717) is 24.2 Å². The van der Waals surface area contributed by atoms with Gasteiger partial charge in [-0.2, -0.15) is 0 Å². The number of nitrogens with zero attached hydrogens (tertiary/aromatic N) is 2. The van der Waals surface area contributed by atoms with Gasteiger partial charge in [0.2, 0.25) is 5.91 Å². The summed E-state index contributed by atoms with van der Waals surface area (Å²) in [6.07, 6.45) is 11.1. The maximum absolute atomic E-state index is 12.7. The maximum Gasteiger partial charge on any atom is 0.251 e. The van der Waals surface area contributed by atoms with Crippen molar-refractivity contribution in [1.82, 2.24) is 15.2 Å². The van der Waals surface area contributed by atoms with Crippen LogP contribution in [0.1, 0.15) is 47.2 Å². The SMILES string of the molecule is O=C(NC1CC1)c1ccc(CN(C(=O)/C=C/c2cccnc2)C2CC2)cc1. The van der Waals surface area contributed by atoms with Crippen molar-refractivity contribution in [3.05, 3.63) is 71.6 Å². The van der Waals surface area contributed by atoms with Crippen LogP contribution in [-0.2, 0) is 11.3 Å². The van der Waals surface area contributed by atoms with Crippen LogP contribution >= 0.6 is 0 Å². The Bertz CT molecular complexity index is 838. The Labute approximate surface area is 159 Å². The highest BCUT2D eigenvalue weighted by atomic mass is 16.2. The van der Waals surface area contributed by atoms with E-state index in [-0.39, 0.29) is 11.8 Å². The van der Waals surface area contributed by atoms with E-state index in [1.54, 1.807) is 24.5 Å². The highest BCUT2D eigenvalue weighted by molar-refractivity contribution is 5.94. The molecule has 1 N–H and O–H groups in total. The number of hydrogen-bond acceptors (Lipinski definition) is 3. The summed E-state index contributed by atoms with van der Waals surface area (Å²) in [4.78, 5) is 30.7. The fraction of sp³-hybridized carbons (Fsp3) is 0.318. The predicted molar refractivity (Wildman–Crippen MR) is 104 cm³/mol. The molecule has 1 aromatic heterocycles. The molecule has 2 aliphatic carbocycles. The largest absolute Gasteiger partial charge is 0.349 e. The molecule has 5 nitrogen and oxygen atoms in total. The molecule has 0 unspecified atom stereocenters. The minimum atomic E-state index is -0.0152. The molecule has 2 saturated carbocycles. The van der Waals surface area contributed by atoms with E-state index in [2.05, 4.69) is 10.3 Å². The summed E-state index contributed by atoms with van der Waals surface area (Å²) in [6.45, 7) is 0.561. The predicted octanol–water partition coefficient (Wildman–Crippen LogP) is 3.18. The van der Waals surface area contributed by atoms with Crippen LogP contribution in [-0.4, -0.2) is 33.8 Å². The normalized spacial score (nSPS) is 16.3. The Morgan fingerprint density at radius 3 is 2.52 bits per heavy atom. The lowest BCUT2D eigenvalue weighted by atomic mass is 10.1. The zero-order chi connectivity index (χ0) is 18.6. The quantitative estimate of drug-likeness (QED) is 0.771. The first kappa shape index (κ1) is 17.5. The molecular formula is C22H23N3O2. The van der Waals surface area contributed by atoms with E-state index in [1.807, 2.05) is 41.3 Å². The van der Waals surface area contributed by atoms with Gasteiger partial charge in [0.25, 0.3) is 5.91 Å². The fourth-order valence-corrected chi connectivity index (χ4v) is 2.97. The van der Waals surface area contributed by atoms with E-state index < -0.39 is 0 Å². The third-order valence-electron chi connectivity index (χ3n) is 4.86. The second kappa shape index (κ2) is 7.74. The smallest absolute Gasteiger partial charge is 0.251 e. The maximum atomic E-state index is 12.7. The van der Waals surface area contributed by atoms with Gasteiger partial charge in [0.05, 0.1) is 0 Å². The third kappa shape index (κ3) is 4.82. The zero-order valence-electron chi connectivity index (χ0n) is 15.2. The van der Waals surface area contributed by atoms with Crippen LogP contribution < -0.4 is 5.32 Å². The number of benzene rings is 1. The molecule has 5 heteroatoms. The third-order valence-corrected chi connectivity index (χ3v) is 4.86. The number of carbonyl (C=O) groups excluding carboxylic acids is 2. The Balaban J connectivity index is 1.40. The van der Waals surface area contributed by atoms with Crippen molar-refractivity contribution in [1.29, 1.82) is 0 Å². The molecule has 2 fully saturated rings. The van der Waals surface area contributed by atoms with Gasteiger partial charge in [-0.3, -0.25) is 14.6 Å². The molecule has 1 heterocycles. The number of amides is 2. The molecule has 2 amide bonds. The average molecular weight is 361 g/mol. The lowest BCUT2D eigenvalue weighted by Gasteiger charge is -2.21. The van der Waals surface area contributed by atoms with Gasteiger partial charge >= 0.3 is 0 Å². The lowest BCUT2D eigenvalue weighted by molar-refractivity contribution is -0.127. The summed E-state index contributed by atoms with van der Waals surface area (Å²) < 4.78 is 0. The fourth-order valence-electron chi connectivity index (χ4n) is 2.97. The molecule has 1 aromatic carbocycles. The molecule has 27 heavy (non-hydrogen) atoms. The van der Waals surface area contributed by atoms with Gasteiger partial charge in [-0.25, -0.2) is 0 Å². The van der Waals surface area contributed by atoms with Crippen LogP contribution in [0.25, 0.3) is 6.08 Å². The first-order chi connectivity index (χ1) is 13.2. The van der Waals surface area contributed by atoms with Crippen LogP contribution in [0.15, 0.2) is 54.9 Å². The summed E-state index contributed by atoms with van der Waals surface area (Å²) >= 11 is 0. The first-order valence-corrected chi connectivity index (χ1v) is 9.47. The van der Waals surface area contributed by atoms with Crippen molar-refractivity contribution in [3.8, 4) is 0 Å². The standard InChI is InChI=1S/C22H23N3O2/c26-21(12-5-16-2-1-13-23-14-16)25(20-10-11-20)15-17-3-6-18(7-4-17)22(27)24-19-8-9-19/h1-7,12-14,19-20H,8-11,15H2,(H,24,27)/b12-5+. The van der Waals surface area contributed by atoms with Crippen molar-refractivity contribution >= 4 is 17.9 Å². The first-order valence-electron chi connectivity index (χ1n) is 9.47. The van der Waals surface area contributed by atoms with Gasteiger partial charge in [-0.1, -0.05) is 18.2 Å². The van der Waals surface area contributed by atoms with Crippen LogP contribution in [0.3, 0.4) is 0 Å². The van der Waals surface area contributed by atoms with Crippen molar-refractivity contribution in [3.63, 3.8) is 0 Å². The molecule has 0 spiro atoms. The van der Waals surface area contributed by atoms with Crippen LogP contribution in [0, 0.1) is 0 Å². The van der Waals surface area contributed by atoms with E-state index >= 15 is 0 Å². The lowest BCUT2D eigenvalue weighted by Crippen LogP contribution is -2.31. The molecule has 2 aliphatic rings. The number of hydrogen-bond donors (Lipinski definition) is 1. The highest BCUT2D eigenvalue weighted by Crippen LogP contribution is 2.29. The zero-order valence-corrected chi connectivity index (χ0v) is 15.2. The van der Waals surface area contributed by atoms with E-state index in [0.717, 1.165) is 36.8 Å². The topological polar surface area (TPSA) is 62.3 Å². The monoisotopic (exact) mass is 361 g/mol. The summed E-state index contributed by atoms with van der Waals surface area (Å²) in [7, 11) is 0. The molecule has 0 saturated heterocycles. The van der Waals surface area contributed by atoms with Gasteiger partial charge in [0.1, 0.15) is 0 Å². The average Bonchev–Trinajstić information content (AvgIpc) is 3.60. The number of nitrogens with one attached hydrogen (secondary N) is 1. The molecule has 0 bridgehead atoms. The van der Waals surface area contributed by atoms with Crippen LogP contribution in [0.2, 0.25) is 0 Å². The van der Waals surface area contributed by atoms with Crippen LogP contribution in [0.5, 0.6) is 0 Å². The van der Waals surface area contributed by atoms with Crippen molar-refractivity contribution in [2.24, 2.45) is 0 Å². The number of pyridine rings is 1.